The molecule has 0 unspecified atom stereocenters. The number of halogens is 1. The molecule has 0 saturated heterocycles. The van der Waals surface area contributed by atoms with E-state index in [4.69, 9.17) is 0 Å². The van der Waals surface area contributed by atoms with Gasteiger partial charge in [0, 0.05) is 30.4 Å². The normalized spacial score (nSPS) is 13.3. The molecule has 2 aromatic heterocycles. The molecule has 0 aliphatic carbocycles. The van der Waals surface area contributed by atoms with Gasteiger partial charge in [0.2, 0.25) is 0 Å². The van der Waals surface area contributed by atoms with Crippen LogP contribution in [0.25, 0.3) is 5.69 Å². The van der Waals surface area contributed by atoms with Gasteiger partial charge in [0.1, 0.15) is 11.6 Å². The summed E-state index contributed by atoms with van der Waals surface area (Å²) in [5.74, 6) is 0.205. The number of hydrogen-bond acceptors (Lipinski definition) is 4. The van der Waals surface area contributed by atoms with E-state index in [2.05, 4.69) is 9.97 Å². The molecule has 7 nitrogen and oxygen atoms in total. The lowest BCUT2D eigenvalue weighted by Gasteiger charge is -2.28. The van der Waals surface area contributed by atoms with Crippen molar-refractivity contribution in [1.82, 2.24) is 19.1 Å². The highest BCUT2D eigenvalue weighted by Gasteiger charge is 2.23. The summed E-state index contributed by atoms with van der Waals surface area (Å²) in [5, 5.41) is 0. The molecule has 1 aliphatic heterocycles. The summed E-state index contributed by atoms with van der Waals surface area (Å²) in [6, 6.07) is 17.1. The zero-order valence-corrected chi connectivity index (χ0v) is 16.7. The Labute approximate surface area is 177 Å². The molecule has 31 heavy (non-hydrogen) atoms. The lowest BCUT2D eigenvalue weighted by molar-refractivity contribution is 0.627. The Hall–Kier alpha value is -3.94. The molecule has 0 bridgehead atoms. The number of rotatable bonds is 4. The zero-order chi connectivity index (χ0) is 21.4. The zero-order valence-electron chi connectivity index (χ0n) is 16.7. The summed E-state index contributed by atoms with van der Waals surface area (Å²) in [5.41, 5.74) is 2.86. The van der Waals surface area contributed by atoms with Crippen molar-refractivity contribution in [2.45, 2.75) is 19.5 Å². The molecule has 156 valence electrons. The van der Waals surface area contributed by atoms with Crippen LogP contribution in [0.1, 0.15) is 17.0 Å². The lowest BCUT2D eigenvalue weighted by Crippen LogP contribution is -2.39. The van der Waals surface area contributed by atoms with Crippen molar-refractivity contribution in [2.24, 2.45) is 0 Å². The first-order valence-electron chi connectivity index (χ1n) is 10.0. The van der Waals surface area contributed by atoms with Gasteiger partial charge in [0.05, 0.1) is 25.1 Å². The molecule has 4 aromatic rings. The van der Waals surface area contributed by atoms with Crippen molar-refractivity contribution in [1.29, 1.82) is 0 Å². The summed E-state index contributed by atoms with van der Waals surface area (Å²) >= 11 is 0. The van der Waals surface area contributed by atoms with Crippen LogP contribution in [0, 0.1) is 5.82 Å². The molecular weight excluding hydrogens is 397 g/mol. The second-order valence-corrected chi connectivity index (χ2v) is 7.53. The number of H-pyrrole nitrogens is 1. The molecule has 0 saturated carbocycles. The highest BCUT2D eigenvalue weighted by Crippen LogP contribution is 2.24. The molecule has 2 aromatic carbocycles. The minimum atomic E-state index is -0.436. The van der Waals surface area contributed by atoms with E-state index >= 15 is 0 Å². The van der Waals surface area contributed by atoms with Crippen LogP contribution in [0.4, 0.5) is 10.2 Å². The van der Waals surface area contributed by atoms with Gasteiger partial charge in [0.25, 0.3) is 5.56 Å². The molecule has 0 radical (unpaired) electrons. The summed E-state index contributed by atoms with van der Waals surface area (Å²) in [7, 11) is 0. The van der Waals surface area contributed by atoms with Gasteiger partial charge in [-0.3, -0.25) is 14.3 Å². The Balaban J connectivity index is 1.40. The predicted molar refractivity (Wildman–Crippen MR) is 115 cm³/mol. The number of hydrogen-bond donors (Lipinski definition) is 1. The number of fused-ring (bicyclic) bond motifs is 1. The molecule has 0 spiro atoms. The number of anilines is 1. The molecule has 5 rings (SSSR count). The Kier molecular flexibility index (Phi) is 4.74. The molecule has 1 aliphatic rings. The third-order valence-electron chi connectivity index (χ3n) is 5.55. The van der Waals surface area contributed by atoms with Crippen molar-refractivity contribution in [3.63, 3.8) is 0 Å². The van der Waals surface area contributed by atoms with Gasteiger partial charge < -0.3 is 9.47 Å². The van der Waals surface area contributed by atoms with Crippen LogP contribution in [-0.2, 0) is 19.5 Å². The fourth-order valence-electron chi connectivity index (χ4n) is 3.93. The number of benzene rings is 2. The molecule has 8 heteroatoms. The topological polar surface area (TPSA) is 75.9 Å². The monoisotopic (exact) mass is 417 g/mol. The highest BCUT2D eigenvalue weighted by atomic mass is 19.1. The van der Waals surface area contributed by atoms with E-state index in [1.54, 1.807) is 18.5 Å². The van der Waals surface area contributed by atoms with Gasteiger partial charge in [-0.05, 0) is 29.8 Å². The van der Waals surface area contributed by atoms with Gasteiger partial charge in [-0.2, -0.15) is 0 Å². The first-order valence-corrected chi connectivity index (χ1v) is 10.0. The number of imidazole rings is 1. The smallest absolute Gasteiger partial charge is 0.330 e. The summed E-state index contributed by atoms with van der Waals surface area (Å²) in [4.78, 5) is 34.5. The molecule has 3 heterocycles. The van der Waals surface area contributed by atoms with Crippen LogP contribution >= 0.6 is 0 Å². The number of nitrogens with one attached hydrogen (secondary N) is 1. The van der Waals surface area contributed by atoms with Gasteiger partial charge in [0.15, 0.2) is 0 Å². The minimum absolute atomic E-state index is 0.224. The van der Waals surface area contributed by atoms with Crippen molar-refractivity contribution in [3.8, 4) is 5.69 Å². The molecule has 0 fully saturated rings. The standard InChI is InChI=1S/C23H20FN5O2/c24-17-6-8-18(9-7-17)29-15-25-19-14-27(11-10-20(19)29)21-12-22(30)28(23(31)26-21)13-16-4-2-1-3-5-16/h1-9,12,15H,10-11,13-14H2,(H,26,31). The van der Waals surface area contributed by atoms with Gasteiger partial charge in [-0.1, -0.05) is 30.3 Å². The molecule has 0 amide bonds. The van der Waals surface area contributed by atoms with Gasteiger partial charge in [-0.25, -0.2) is 14.2 Å². The second kappa shape index (κ2) is 7.71. The van der Waals surface area contributed by atoms with E-state index < -0.39 is 5.69 Å². The van der Waals surface area contributed by atoms with Crippen LogP contribution in [0.3, 0.4) is 0 Å². The van der Waals surface area contributed by atoms with E-state index in [0.717, 1.165) is 22.6 Å². The van der Waals surface area contributed by atoms with Crippen LogP contribution in [0.2, 0.25) is 0 Å². The first kappa shape index (κ1) is 19.0. The quantitative estimate of drug-likeness (QED) is 0.554. The van der Waals surface area contributed by atoms with Gasteiger partial charge >= 0.3 is 5.69 Å². The number of aromatic amines is 1. The number of aromatic nitrogens is 4. The average molecular weight is 417 g/mol. The van der Waals surface area contributed by atoms with Crippen LogP contribution in [-0.4, -0.2) is 25.6 Å². The molecular formula is C23H20FN5O2. The summed E-state index contributed by atoms with van der Waals surface area (Å²) in [6.07, 6.45) is 2.41. The van der Waals surface area contributed by atoms with E-state index in [1.807, 2.05) is 39.8 Å². The predicted octanol–water partition coefficient (Wildman–Crippen LogP) is 2.47. The maximum Gasteiger partial charge on any atom is 0.330 e. The maximum atomic E-state index is 13.2. The lowest BCUT2D eigenvalue weighted by atomic mass is 10.1. The largest absolute Gasteiger partial charge is 0.352 e. The highest BCUT2D eigenvalue weighted by molar-refractivity contribution is 5.43. The summed E-state index contributed by atoms with van der Waals surface area (Å²) in [6.45, 7) is 1.32. The second-order valence-electron chi connectivity index (χ2n) is 7.53. The first-order chi connectivity index (χ1) is 15.1. The fourth-order valence-corrected chi connectivity index (χ4v) is 3.93. The number of nitrogens with zero attached hydrogens (tertiary/aromatic N) is 4. The van der Waals surface area contributed by atoms with Crippen molar-refractivity contribution >= 4 is 5.82 Å². The Bertz CT molecular complexity index is 1310. The van der Waals surface area contributed by atoms with Crippen molar-refractivity contribution in [3.05, 3.63) is 111 Å². The Morgan fingerprint density at radius 3 is 2.55 bits per heavy atom. The van der Waals surface area contributed by atoms with Crippen LogP contribution in [0.5, 0.6) is 0 Å². The van der Waals surface area contributed by atoms with Crippen LogP contribution in [0.15, 0.2) is 76.6 Å². The van der Waals surface area contributed by atoms with Crippen LogP contribution < -0.4 is 16.1 Å². The van der Waals surface area contributed by atoms with E-state index in [9.17, 15) is 14.0 Å². The molecule has 0 atom stereocenters. The van der Waals surface area contributed by atoms with E-state index in [1.165, 1.54) is 22.8 Å². The third-order valence-corrected chi connectivity index (χ3v) is 5.55. The SMILES string of the molecule is O=c1cc(N2CCc3c(ncn3-c3ccc(F)cc3)C2)[nH]c(=O)n1Cc1ccccc1. The van der Waals surface area contributed by atoms with Crippen molar-refractivity contribution < 1.29 is 4.39 Å². The fraction of sp³-hybridized carbons (Fsp3) is 0.174. The third kappa shape index (κ3) is 3.68. The Morgan fingerprint density at radius 2 is 1.81 bits per heavy atom. The summed E-state index contributed by atoms with van der Waals surface area (Å²) < 4.78 is 16.4. The van der Waals surface area contributed by atoms with E-state index in [-0.39, 0.29) is 17.9 Å². The van der Waals surface area contributed by atoms with E-state index in [0.29, 0.717) is 25.3 Å². The Morgan fingerprint density at radius 1 is 1.03 bits per heavy atom. The van der Waals surface area contributed by atoms with Crippen molar-refractivity contribution in [2.75, 3.05) is 11.4 Å². The minimum Gasteiger partial charge on any atom is -0.352 e. The maximum absolute atomic E-state index is 13.2. The molecule has 1 N–H and O–H groups in total. The average Bonchev–Trinajstić information content (AvgIpc) is 3.21. The van der Waals surface area contributed by atoms with Gasteiger partial charge in [-0.15, -0.1) is 0 Å².